The van der Waals surface area contributed by atoms with Crippen LogP contribution in [-0.4, -0.2) is 167 Å². The monoisotopic (exact) mass is 1930 g/mol. The van der Waals surface area contributed by atoms with Gasteiger partial charge in [0.25, 0.3) is 46.1 Å². The normalized spacial score (nSPS) is 9.44. The highest BCUT2D eigenvalue weighted by Crippen LogP contribution is 2.52. The fourth-order valence-corrected chi connectivity index (χ4v) is 16.2. The number of hydrogen-bond donors (Lipinski definition) is 6. The number of aliphatic carboxylic acids is 2. The molecule has 8 aromatic carbocycles. The molecule has 0 saturated heterocycles. The summed E-state index contributed by atoms with van der Waals surface area (Å²) in [6.07, 6.45) is 0. The number of methoxy groups -OCH3 is 9. The van der Waals surface area contributed by atoms with Gasteiger partial charge in [0, 0.05) is 108 Å². The van der Waals surface area contributed by atoms with Crippen LogP contribution in [-0.2, 0) is 38.8 Å². The van der Waals surface area contributed by atoms with Gasteiger partial charge in [-0.05, 0) is 88.9 Å². The molecule has 0 bridgehead atoms. The van der Waals surface area contributed by atoms with E-state index in [0.717, 1.165) is 88.6 Å². The number of hydrogen-bond acceptors (Lipinski definition) is 38. The number of carboxylic acid groups (broad SMARTS) is 2. The molecule has 0 unspecified atom stereocenters. The summed E-state index contributed by atoms with van der Waals surface area (Å²) in [7, 11) is 26.8. The highest BCUT2D eigenvalue weighted by atomic mass is 33.1. The van der Waals surface area contributed by atoms with Crippen molar-refractivity contribution >= 4 is 136 Å². The van der Waals surface area contributed by atoms with E-state index in [1.54, 1.807) is 94.7 Å². The third-order valence-corrected chi connectivity index (χ3v) is 22.6. The van der Waals surface area contributed by atoms with E-state index in [1.807, 2.05) is 36.4 Å². The Labute approximate surface area is 774 Å². The van der Waals surface area contributed by atoms with Crippen LogP contribution in [0.2, 0.25) is 0 Å². The average Bonchev–Trinajstić information content (AvgIpc) is 0.792. The van der Waals surface area contributed by atoms with Crippen molar-refractivity contribution < 1.29 is 111 Å². The lowest BCUT2D eigenvalue weighted by Crippen LogP contribution is -2.09. The van der Waals surface area contributed by atoms with Gasteiger partial charge in [-0.1, -0.05) is 161 Å². The van der Waals surface area contributed by atoms with Crippen LogP contribution in [0.25, 0.3) is 0 Å². The van der Waals surface area contributed by atoms with Gasteiger partial charge in [0.05, 0.1) is 136 Å². The zero-order valence-electron chi connectivity index (χ0n) is 69.6. The van der Waals surface area contributed by atoms with Gasteiger partial charge in [-0.2, -0.15) is 0 Å². The predicted molar refractivity (Wildman–Crippen MR) is 509 cm³/mol. The second kappa shape index (κ2) is 68.7. The molecule has 0 aromatic heterocycles. The molecule has 128 heavy (non-hydrogen) atoms. The number of nitrogens with two attached hydrogens (primary N) is 1. The van der Waals surface area contributed by atoms with E-state index in [4.69, 9.17) is 71.9 Å². The molecule has 0 spiro atoms. The summed E-state index contributed by atoms with van der Waals surface area (Å²) < 4.78 is 58.8. The van der Waals surface area contributed by atoms with E-state index in [-0.39, 0.29) is 105 Å². The van der Waals surface area contributed by atoms with Crippen molar-refractivity contribution in [2.24, 2.45) is 5.73 Å². The largest absolute Gasteiger partial charge is 0.493 e. The van der Waals surface area contributed by atoms with Crippen LogP contribution in [0.3, 0.4) is 0 Å². The molecule has 7 N–H and O–H groups in total. The van der Waals surface area contributed by atoms with Gasteiger partial charge >= 0.3 is 11.9 Å². The first-order chi connectivity index (χ1) is 58.0. The summed E-state index contributed by atoms with van der Waals surface area (Å²) in [4.78, 5) is 107. The first-order valence-corrected chi connectivity index (χ1v) is 42.0. The van der Waals surface area contributed by atoms with E-state index in [1.165, 1.54) is 121 Å². The average molecular weight is 1930 g/mol. The van der Waals surface area contributed by atoms with Gasteiger partial charge in [0.15, 0.2) is 34.5 Å². The number of ether oxygens (including phenoxy) is 11. The molecule has 0 aliphatic rings. The number of benzene rings is 8. The minimum Gasteiger partial charge on any atom is -0.493 e. The Bertz CT molecular complexity index is 4420. The van der Waals surface area contributed by atoms with Gasteiger partial charge in [-0.3, -0.25) is 79.9 Å². The topological polar surface area (TPSA) is 531 Å². The third-order valence-electron chi connectivity index (χ3n) is 14.2. The SMILES string of the molecule is C.C.C.C.C.C.CC(=O)O.CC(=O)O.CCSSc1ccccc1OC(C)=O.CCSSc1ccccc1OC(C)=O.CN.CNCc1c(Sc2ccc([N+](=O)[O-])cc2[N+](=O)[O-])cc(OC)c(OC)c1OC.CNCc1c(Sc2ccc([N+](=O)[O-])cc2[N+](=O)[O-])cc(OC)c(OC)c1OC.CNCc1c(Sc2ccc([N+](=O)[O-])cc2[N+](=O)[O-])cc(OC)c(OC)c1OC. The van der Waals surface area contributed by atoms with Crippen LogP contribution in [0.5, 0.6) is 63.2 Å². The molecule has 46 heteroatoms. The first-order valence-electron chi connectivity index (χ1n) is 34.9. The summed E-state index contributed by atoms with van der Waals surface area (Å²) in [5.74, 6) is 4.81. The Morgan fingerprint density at radius 1 is 0.336 bits per heavy atom. The molecule has 39 nitrogen and oxygen atoms in total. The van der Waals surface area contributed by atoms with Crippen molar-refractivity contribution in [1.29, 1.82) is 0 Å². The van der Waals surface area contributed by atoms with Gasteiger partial charge < -0.3 is 84.0 Å². The highest BCUT2D eigenvalue weighted by molar-refractivity contribution is 8.77. The summed E-state index contributed by atoms with van der Waals surface area (Å²) >= 11 is 3.26. The quantitative estimate of drug-likeness (QED) is 0.00706. The number of carbonyl (C=O) groups is 4. The molecular formula is C82H118N10O29S7. The van der Waals surface area contributed by atoms with Crippen LogP contribution >= 0.6 is 78.5 Å². The van der Waals surface area contributed by atoms with Crippen molar-refractivity contribution in [2.45, 2.75) is 145 Å². The number of carbonyl (C=O) groups excluding carboxylic acids is 2. The number of carboxylic acids is 2. The summed E-state index contributed by atoms with van der Waals surface area (Å²) in [5.41, 5.74) is 4.50. The maximum atomic E-state index is 11.4. The smallest absolute Gasteiger partial charge is 0.308 e. The molecule has 8 aromatic rings. The summed E-state index contributed by atoms with van der Waals surface area (Å²) in [5, 5.41) is 91.0. The van der Waals surface area contributed by atoms with Crippen molar-refractivity contribution in [1.82, 2.24) is 16.0 Å². The third kappa shape index (κ3) is 41.5. The van der Waals surface area contributed by atoms with Crippen LogP contribution in [0.1, 0.15) is 103 Å². The zero-order valence-corrected chi connectivity index (χ0v) is 75.3. The fraction of sp³-hybridized carbons (Fsp3) is 0.366. The molecule has 0 amide bonds. The van der Waals surface area contributed by atoms with Gasteiger partial charge in [0.2, 0.25) is 17.2 Å². The van der Waals surface area contributed by atoms with E-state index < -0.39 is 41.5 Å². The van der Waals surface area contributed by atoms with Gasteiger partial charge in [-0.25, -0.2) is 0 Å². The Hall–Kier alpha value is -11.5. The summed E-state index contributed by atoms with van der Waals surface area (Å²) in [6, 6.07) is 30.7. The molecule has 0 saturated carbocycles. The van der Waals surface area contributed by atoms with Crippen LogP contribution in [0, 0.1) is 60.7 Å². The predicted octanol–water partition coefficient (Wildman–Crippen LogP) is 20.5. The van der Waals surface area contributed by atoms with Gasteiger partial charge in [-0.15, -0.1) is 0 Å². The number of rotatable bonds is 35. The minimum atomic E-state index is -0.833. The van der Waals surface area contributed by atoms with E-state index in [0.29, 0.717) is 114 Å². The number of nitro groups is 6. The minimum absolute atomic E-state index is 0. The second-order valence-corrected chi connectivity index (χ2v) is 30.9. The number of non-ortho nitro benzene ring substituents is 3. The fourth-order valence-electron chi connectivity index (χ4n) is 9.55. The van der Waals surface area contributed by atoms with Crippen LogP contribution < -0.4 is 73.8 Å². The maximum Gasteiger partial charge on any atom is 0.308 e. The number of nitro benzene ring substituents is 6. The number of para-hydroxylation sites is 2. The Morgan fingerprint density at radius 3 is 0.742 bits per heavy atom. The molecule has 0 fully saturated rings. The lowest BCUT2D eigenvalue weighted by molar-refractivity contribution is -0.396. The summed E-state index contributed by atoms with van der Waals surface area (Å²) in [6.45, 7) is 10.4. The number of nitrogens with one attached hydrogen (secondary N) is 3. The van der Waals surface area contributed by atoms with Crippen molar-refractivity contribution in [3.05, 3.63) is 199 Å². The van der Waals surface area contributed by atoms with E-state index >= 15 is 0 Å². The molecule has 0 aliphatic heterocycles. The van der Waals surface area contributed by atoms with E-state index in [9.17, 15) is 70.3 Å². The molecule has 0 atom stereocenters. The Kier molecular flexibility index (Phi) is 68.3. The number of nitrogens with zero attached hydrogens (tertiary/aromatic N) is 6. The number of esters is 2. The Morgan fingerprint density at radius 2 is 0.562 bits per heavy atom. The van der Waals surface area contributed by atoms with E-state index in [2.05, 4.69) is 35.5 Å². The van der Waals surface area contributed by atoms with Crippen LogP contribution in [0.4, 0.5) is 34.1 Å². The molecular weight excluding hydrogens is 1810 g/mol. The van der Waals surface area contributed by atoms with Crippen molar-refractivity contribution in [3.8, 4) is 63.2 Å². The maximum absolute atomic E-state index is 11.4. The van der Waals surface area contributed by atoms with Gasteiger partial charge in [0.1, 0.15) is 11.5 Å². The lowest BCUT2D eigenvalue weighted by atomic mass is 10.1. The second-order valence-electron chi connectivity index (χ2n) is 22.4. The first kappa shape index (κ1) is 127. The molecule has 0 aliphatic carbocycles. The Balaban J connectivity index is -0.000000357. The molecule has 712 valence electrons. The van der Waals surface area contributed by atoms with Crippen molar-refractivity contribution in [3.63, 3.8) is 0 Å². The lowest BCUT2D eigenvalue weighted by Gasteiger charge is -2.19. The highest BCUT2D eigenvalue weighted by Gasteiger charge is 2.30. The molecule has 0 radical (unpaired) electrons. The zero-order chi connectivity index (χ0) is 92.5. The van der Waals surface area contributed by atoms with Crippen LogP contribution in [0.15, 0.2) is 160 Å². The molecule has 8 rings (SSSR count). The van der Waals surface area contributed by atoms with Crippen molar-refractivity contribution in [2.75, 3.05) is 104 Å². The standard InChI is InChI=1S/3C17H19N3O7S.2C10H12O2S2.2C2H4O2.CH5N.6CH4/c3*1-18-9-11-15(8-13(25-2)17(27-4)16(11)26-3)28-14-6-5-10(19(21)22)7-12(14)20(23)24;2*1-3-13-14-10-7-5-4-6-9(10)12-8(2)11;2*1-2(3)4;1-2;;;;;;/h3*5-8,18H,9H2,1-4H3;2*4-7H,3H2,1-2H3;2*1H3,(H,3,4);2H2,1H3;6*1H4. The molecule has 0 heterocycles.